The Morgan fingerprint density at radius 1 is 0.950 bits per heavy atom. The van der Waals surface area contributed by atoms with Crippen LogP contribution in [0.5, 0.6) is 17.2 Å². The quantitative estimate of drug-likeness (QED) is 0.633. The summed E-state index contributed by atoms with van der Waals surface area (Å²) in [6.07, 6.45) is 0. The minimum absolute atomic E-state index is 0.0184. The smallest absolute Gasteiger partial charge is 0.259 e. The number of carbonyl (C=O) groups excluding carboxylic acids is 1. The summed E-state index contributed by atoms with van der Waals surface area (Å²) in [4.78, 5) is 12.1. The third-order valence-electron chi connectivity index (χ3n) is 3.02. The molecule has 0 fully saturated rings. The van der Waals surface area contributed by atoms with Gasteiger partial charge in [-0.25, -0.2) is 0 Å². The van der Waals surface area contributed by atoms with Gasteiger partial charge in [0.25, 0.3) is 5.91 Å². The highest BCUT2D eigenvalue weighted by molar-refractivity contribution is 6.06. The predicted molar refractivity (Wildman–Crippen MR) is 75.3 cm³/mol. The first-order valence-corrected chi connectivity index (χ1v) is 6.02. The van der Waals surface area contributed by atoms with Gasteiger partial charge in [-0.3, -0.25) is 4.79 Å². The largest absolute Gasteiger partial charge is 0.508 e. The van der Waals surface area contributed by atoms with Crippen LogP contribution in [0, 0.1) is 13.8 Å². The molecule has 20 heavy (non-hydrogen) atoms. The predicted octanol–water partition coefficient (Wildman–Crippen LogP) is 2.67. The van der Waals surface area contributed by atoms with E-state index in [0.29, 0.717) is 16.8 Å². The summed E-state index contributed by atoms with van der Waals surface area (Å²) < 4.78 is 0. The monoisotopic (exact) mass is 273 g/mol. The van der Waals surface area contributed by atoms with Gasteiger partial charge in [0.05, 0.1) is 5.56 Å². The lowest BCUT2D eigenvalue weighted by atomic mass is 10.1. The van der Waals surface area contributed by atoms with Crippen molar-refractivity contribution >= 4 is 11.6 Å². The Balaban J connectivity index is 2.32. The first kappa shape index (κ1) is 13.7. The first-order chi connectivity index (χ1) is 9.38. The van der Waals surface area contributed by atoms with Crippen LogP contribution in [-0.2, 0) is 0 Å². The van der Waals surface area contributed by atoms with Gasteiger partial charge < -0.3 is 20.6 Å². The zero-order valence-corrected chi connectivity index (χ0v) is 11.1. The molecule has 0 heterocycles. The fourth-order valence-electron chi connectivity index (χ4n) is 1.83. The van der Waals surface area contributed by atoms with Gasteiger partial charge in [-0.1, -0.05) is 0 Å². The van der Waals surface area contributed by atoms with E-state index in [0.717, 1.165) is 0 Å². The highest BCUT2D eigenvalue weighted by atomic mass is 16.3. The molecule has 0 atom stereocenters. The molecule has 0 bridgehead atoms. The Morgan fingerprint density at radius 2 is 1.65 bits per heavy atom. The topological polar surface area (TPSA) is 89.8 Å². The van der Waals surface area contributed by atoms with Crippen LogP contribution < -0.4 is 5.32 Å². The maximum atomic E-state index is 12.1. The number of hydrogen-bond donors (Lipinski definition) is 4. The Morgan fingerprint density at radius 3 is 2.35 bits per heavy atom. The van der Waals surface area contributed by atoms with Crippen LogP contribution >= 0.6 is 0 Å². The van der Waals surface area contributed by atoms with E-state index in [4.69, 9.17) is 0 Å². The number of phenols is 3. The van der Waals surface area contributed by atoms with Crippen molar-refractivity contribution < 1.29 is 20.1 Å². The van der Waals surface area contributed by atoms with Crippen LogP contribution in [-0.4, -0.2) is 21.2 Å². The number of aryl methyl sites for hydroxylation is 2. The molecule has 104 valence electrons. The molecule has 0 aliphatic heterocycles. The number of phenolic OH excluding ortho intramolecular Hbond substituents is 3. The van der Waals surface area contributed by atoms with E-state index in [9.17, 15) is 20.1 Å². The molecule has 2 aromatic rings. The molecule has 1 amide bonds. The van der Waals surface area contributed by atoms with E-state index in [1.165, 1.54) is 18.2 Å². The average Bonchev–Trinajstić information content (AvgIpc) is 2.38. The molecule has 5 heteroatoms. The number of rotatable bonds is 2. The summed E-state index contributed by atoms with van der Waals surface area (Å²) >= 11 is 0. The van der Waals surface area contributed by atoms with E-state index in [2.05, 4.69) is 5.32 Å². The second kappa shape index (κ2) is 5.13. The molecule has 4 N–H and O–H groups in total. The lowest BCUT2D eigenvalue weighted by Crippen LogP contribution is -2.13. The fraction of sp³-hybridized carbons (Fsp3) is 0.133. The van der Waals surface area contributed by atoms with Crippen molar-refractivity contribution in [3.05, 3.63) is 47.0 Å². The number of nitrogens with one attached hydrogen (secondary N) is 1. The van der Waals surface area contributed by atoms with Crippen molar-refractivity contribution in [3.63, 3.8) is 0 Å². The minimum Gasteiger partial charge on any atom is -0.508 e. The highest BCUT2D eigenvalue weighted by Gasteiger charge is 2.14. The van der Waals surface area contributed by atoms with Crippen LogP contribution in [0.2, 0.25) is 0 Å². The van der Waals surface area contributed by atoms with Crippen LogP contribution in [0.25, 0.3) is 0 Å². The van der Waals surface area contributed by atoms with E-state index >= 15 is 0 Å². The third kappa shape index (κ3) is 2.66. The number of carbonyl (C=O) groups is 1. The first-order valence-electron chi connectivity index (χ1n) is 6.02. The molecule has 2 rings (SSSR count). The van der Waals surface area contributed by atoms with Crippen molar-refractivity contribution in [3.8, 4) is 17.2 Å². The van der Waals surface area contributed by atoms with Crippen molar-refractivity contribution in [2.24, 2.45) is 0 Å². The molecule has 0 radical (unpaired) electrons. The van der Waals surface area contributed by atoms with Crippen molar-refractivity contribution in [1.82, 2.24) is 0 Å². The van der Waals surface area contributed by atoms with Crippen LogP contribution in [0.1, 0.15) is 21.5 Å². The Hall–Kier alpha value is -2.69. The Bertz CT molecular complexity index is 680. The van der Waals surface area contributed by atoms with Crippen molar-refractivity contribution in [2.45, 2.75) is 13.8 Å². The number of hydrogen-bond acceptors (Lipinski definition) is 4. The van der Waals surface area contributed by atoms with E-state index in [1.807, 2.05) is 0 Å². The van der Waals surface area contributed by atoms with Gasteiger partial charge in [0.2, 0.25) is 0 Å². The SMILES string of the molecule is Cc1cc(NC(=O)c2cc(O)ccc2O)c(C)cc1O. The Labute approximate surface area is 116 Å². The minimum atomic E-state index is -0.536. The zero-order valence-electron chi connectivity index (χ0n) is 11.1. The standard InChI is InChI=1S/C15H15NO4/c1-8-6-14(19)9(2)5-12(8)16-15(20)11-7-10(17)3-4-13(11)18/h3-7,17-19H,1-2H3,(H,16,20). The van der Waals surface area contributed by atoms with E-state index in [-0.39, 0.29) is 22.8 Å². The summed E-state index contributed by atoms with van der Waals surface area (Å²) in [5, 5.41) is 31.2. The second-order valence-electron chi connectivity index (χ2n) is 4.61. The van der Waals surface area contributed by atoms with Gasteiger partial charge in [0.1, 0.15) is 17.2 Å². The van der Waals surface area contributed by atoms with Gasteiger partial charge in [-0.15, -0.1) is 0 Å². The van der Waals surface area contributed by atoms with E-state index < -0.39 is 5.91 Å². The van der Waals surface area contributed by atoms with Crippen LogP contribution in [0.4, 0.5) is 5.69 Å². The summed E-state index contributed by atoms with van der Waals surface area (Å²) in [6.45, 7) is 3.47. The molecular formula is C15H15NO4. The summed E-state index contributed by atoms with van der Waals surface area (Å²) in [6, 6.07) is 6.92. The molecule has 0 unspecified atom stereocenters. The molecule has 0 saturated heterocycles. The maximum absolute atomic E-state index is 12.1. The highest BCUT2D eigenvalue weighted by Crippen LogP contribution is 2.27. The van der Waals surface area contributed by atoms with Gasteiger partial charge in [-0.05, 0) is 55.3 Å². The maximum Gasteiger partial charge on any atom is 0.259 e. The van der Waals surface area contributed by atoms with Crippen molar-refractivity contribution in [2.75, 3.05) is 5.32 Å². The third-order valence-corrected chi connectivity index (χ3v) is 3.02. The lowest BCUT2D eigenvalue weighted by Gasteiger charge is -2.11. The number of benzene rings is 2. The molecule has 0 aliphatic rings. The second-order valence-corrected chi connectivity index (χ2v) is 4.61. The number of aromatic hydroxyl groups is 3. The van der Waals surface area contributed by atoms with Gasteiger partial charge in [-0.2, -0.15) is 0 Å². The molecule has 0 saturated carbocycles. The number of anilines is 1. The molecule has 0 aromatic heterocycles. The molecule has 2 aromatic carbocycles. The van der Waals surface area contributed by atoms with Crippen LogP contribution in [0.3, 0.4) is 0 Å². The average molecular weight is 273 g/mol. The normalized spacial score (nSPS) is 10.3. The zero-order chi connectivity index (χ0) is 14.9. The fourth-order valence-corrected chi connectivity index (χ4v) is 1.83. The van der Waals surface area contributed by atoms with E-state index in [1.54, 1.807) is 26.0 Å². The van der Waals surface area contributed by atoms with Crippen molar-refractivity contribution in [1.29, 1.82) is 0 Å². The van der Waals surface area contributed by atoms with Gasteiger partial charge in [0, 0.05) is 5.69 Å². The van der Waals surface area contributed by atoms with Gasteiger partial charge >= 0.3 is 0 Å². The summed E-state index contributed by atoms with van der Waals surface area (Å²) in [5.41, 5.74) is 1.84. The Kier molecular flexibility index (Phi) is 3.52. The lowest BCUT2D eigenvalue weighted by molar-refractivity contribution is 0.102. The van der Waals surface area contributed by atoms with Crippen LogP contribution in [0.15, 0.2) is 30.3 Å². The van der Waals surface area contributed by atoms with Gasteiger partial charge in [0.15, 0.2) is 0 Å². The summed E-state index contributed by atoms with van der Waals surface area (Å²) in [7, 11) is 0. The summed E-state index contributed by atoms with van der Waals surface area (Å²) in [5.74, 6) is -0.702. The molecular weight excluding hydrogens is 258 g/mol. The number of amides is 1. The molecule has 0 aliphatic carbocycles. The molecule has 5 nitrogen and oxygen atoms in total. The molecule has 0 spiro atoms.